The average molecular weight is 287 g/mol. The van der Waals surface area contributed by atoms with Crippen molar-refractivity contribution in [2.24, 2.45) is 0 Å². The first-order valence-electron chi connectivity index (χ1n) is 6.82. The van der Waals surface area contributed by atoms with E-state index in [9.17, 15) is 9.18 Å². The highest BCUT2D eigenvalue weighted by Gasteiger charge is 2.16. The Labute approximate surface area is 123 Å². The maximum Gasteiger partial charge on any atom is 0.254 e. The van der Waals surface area contributed by atoms with Crippen LogP contribution in [0.2, 0.25) is 0 Å². The number of halogens is 1. The van der Waals surface area contributed by atoms with E-state index >= 15 is 0 Å². The van der Waals surface area contributed by atoms with Gasteiger partial charge in [-0.25, -0.2) is 9.37 Å². The van der Waals surface area contributed by atoms with E-state index in [0.717, 1.165) is 12.8 Å². The molecule has 0 aliphatic rings. The molecule has 5 heteroatoms. The normalized spacial score (nSPS) is 11.9. The van der Waals surface area contributed by atoms with Crippen molar-refractivity contribution in [3.05, 3.63) is 59.5 Å². The number of carbonyl (C=O) groups is 1. The predicted molar refractivity (Wildman–Crippen MR) is 80.3 cm³/mol. The van der Waals surface area contributed by atoms with Gasteiger partial charge in [0.1, 0.15) is 0 Å². The summed E-state index contributed by atoms with van der Waals surface area (Å²) in [6, 6.07) is 11.3. The summed E-state index contributed by atoms with van der Waals surface area (Å²) in [5.41, 5.74) is 6.49. The van der Waals surface area contributed by atoms with E-state index in [4.69, 9.17) is 5.73 Å². The molecule has 3 N–H and O–H groups in total. The zero-order valence-corrected chi connectivity index (χ0v) is 11.8. The highest BCUT2D eigenvalue weighted by Crippen LogP contribution is 2.12. The van der Waals surface area contributed by atoms with Gasteiger partial charge in [-0.05, 0) is 31.4 Å². The molecule has 1 heterocycles. The van der Waals surface area contributed by atoms with Crippen molar-refractivity contribution >= 4 is 11.7 Å². The lowest BCUT2D eigenvalue weighted by atomic mass is 10.1. The monoisotopic (exact) mass is 287 g/mol. The molecule has 0 spiro atoms. The fourth-order valence-corrected chi connectivity index (χ4v) is 2.04. The minimum atomic E-state index is -0.773. The van der Waals surface area contributed by atoms with Gasteiger partial charge in [-0.3, -0.25) is 4.79 Å². The Hall–Kier alpha value is -2.43. The molecule has 0 fully saturated rings. The van der Waals surface area contributed by atoms with Crippen molar-refractivity contribution in [1.82, 2.24) is 10.3 Å². The Morgan fingerprint density at radius 1 is 1.33 bits per heavy atom. The van der Waals surface area contributed by atoms with Crippen molar-refractivity contribution in [2.45, 2.75) is 25.8 Å². The number of nitrogens with one attached hydrogen (secondary N) is 1. The first-order valence-corrected chi connectivity index (χ1v) is 6.82. The van der Waals surface area contributed by atoms with Crippen LogP contribution in [-0.4, -0.2) is 16.9 Å². The van der Waals surface area contributed by atoms with E-state index in [1.165, 1.54) is 17.8 Å². The quantitative estimate of drug-likeness (QED) is 0.888. The molecular formula is C16H18FN3O. The maximum absolute atomic E-state index is 13.7. The van der Waals surface area contributed by atoms with E-state index in [2.05, 4.69) is 10.3 Å². The molecule has 0 aliphatic carbocycles. The number of nitrogens with zero attached hydrogens (tertiary/aromatic N) is 1. The smallest absolute Gasteiger partial charge is 0.254 e. The molecule has 0 saturated heterocycles. The second kappa shape index (κ2) is 6.83. The van der Waals surface area contributed by atoms with Gasteiger partial charge in [-0.1, -0.05) is 30.3 Å². The number of anilines is 1. The number of rotatable bonds is 5. The van der Waals surface area contributed by atoms with Crippen LogP contribution in [0.1, 0.15) is 29.3 Å². The van der Waals surface area contributed by atoms with E-state index in [0.29, 0.717) is 0 Å². The van der Waals surface area contributed by atoms with Gasteiger partial charge >= 0.3 is 0 Å². The molecule has 0 saturated carbocycles. The Balaban J connectivity index is 1.92. The van der Waals surface area contributed by atoms with E-state index < -0.39 is 11.7 Å². The second-order valence-corrected chi connectivity index (χ2v) is 4.96. The number of aryl methyl sites for hydroxylation is 1. The largest absolute Gasteiger partial charge is 0.381 e. The molecule has 0 bridgehead atoms. The van der Waals surface area contributed by atoms with Crippen molar-refractivity contribution in [3.63, 3.8) is 0 Å². The van der Waals surface area contributed by atoms with Gasteiger partial charge in [0.25, 0.3) is 5.91 Å². The summed E-state index contributed by atoms with van der Waals surface area (Å²) in [5.74, 6) is -1.51. The van der Waals surface area contributed by atoms with Gasteiger partial charge < -0.3 is 11.1 Å². The Morgan fingerprint density at radius 3 is 2.76 bits per heavy atom. The van der Waals surface area contributed by atoms with Crippen LogP contribution < -0.4 is 11.1 Å². The third-order valence-electron chi connectivity index (χ3n) is 3.25. The SMILES string of the molecule is CC(CCc1ccccc1)NC(=O)c1ccnc(N)c1F. The number of amides is 1. The fourth-order valence-electron chi connectivity index (χ4n) is 2.04. The van der Waals surface area contributed by atoms with Crippen molar-refractivity contribution in [1.29, 1.82) is 0 Å². The lowest BCUT2D eigenvalue weighted by molar-refractivity contribution is 0.0934. The van der Waals surface area contributed by atoms with Crippen LogP contribution in [0, 0.1) is 5.82 Å². The van der Waals surface area contributed by atoms with Gasteiger partial charge in [-0.2, -0.15) is 0 Å². The number of benzene rings is 1. The third-order valence-corrected chi connectivity index (χ3v) is 3.25. The third kappa shape index (κ3) is 4.02. The lowest BCUT2D eigenvalue weighted by Gasteiger charge is -2.14. The average Bonchev–Trinajstić information content (AvgIpc) is 2.49. The van der Waals surface area contributed by atoms with Crippen LogP contribution in [0.25, 0.3) is 0 Å². The molecule has 1 atom stereocenters. The summed E-state index contributed by atoms with van der Waals surface area (Å²) in [6.45, 7) is 1.89. The summed E-state index contributed by atoms with van der Waals surface area (Å²) in [6.07, 6.45) is 2.95. The highest BCUT2D eigenvalue weighted by molar-refractivity contribution is 5.95. The van der Waals surface area contributed by atoms with Crippen LogP contribution in [0.5, 0.6) is 0 Å². The van der Waals surface area contributed by atoms with E-state index in [1.807, 2.05) is 37.3 Å². The topological polar surface area (TPSA) is 68.0 Å². The number of carbonyl (C=O) groups excluding carboxylic acids is 1. The van der Waals surface area contributed by atoms with Crippen LogP contribution in [-0.2, 0) is 6.42 Å². The number of pyridine rings is 1. The minimum absolute atomic E-state index is 0.0634. The molecule has 110 valence electrons. The van der Waals surface area contributed by atoms with Crippen LogP contribution in [0.3, 0.4) is 0 Å². The summed E-state index contributed by atoms with van der Waals surface area (Å²) in [7, 11) is 0. The molecule has 2 rings (SSSR count). The molecule has 1 aromatic heterocycles. The van der Waals surface area contributed by atoms with E-state index in [-0.39, 0.29) is 17.4 Å². The maximum atomic E-state index is 13.7. The zero-order chi connectivity index (χ0) is 15.2. The highest BCUT2D eigenvalue weighted by atomic mass is 19.1. The first-order chi connectivity index (χ1) is 10.1. The second-order valence-electron chi connectivity index (χ2n) is 4.96. The summed E-state index contributed by atoms with van der Waals surface area (Å²) in [4.78, 5) is 15.6. The molecule has 1 amide bonds. The van der Waals surface area contributed by atoms with Crippen LogP contribution >= 0.6 is 0 Å². The number of nitrogen functional groups attached to an aromatic ring is 1. The number of hydrogen-bond donors (Lipinski definition) is 2. The van der Waals surface area contributed by atoms with Crippen molar-refractivity contribution < 1.29 is 9.18 Å². The molecule has 21 heavy (non-hydrogen) atoms. The number of aromatic nitrogens is 1. The zero-order valence-electron chi connectivity index (χ0n) is 11.8. The number of hydrogen-bond acceptors (Lipinski definition) is 3. The van der Waals surface area contributed by atoms with Crippen LogP contribution in [0.4, 0.5) is 10.2 Å². The van der Waals surface area contributed by atoms with Gasteiger partial charge in [-0.15, -0.1) is 0 Å². The molecule has 1 aromatic carbocycles. The minimum Gasteiger partial charge on any atom is -0.381 e. The molecule has 0 aliphatic heterocycles. The molecular weight excluding hydrogens is 269 g/mol. The fraction of sp³-hybridized carbons (Fsp3) is 0.250. The molecule has 2 aromatic rings. The van der Waals surface area contributed by atoms with Gasteiger partial charge in [0, 0.05) is 12.2 Å². The predicted octanol–water partition coefficient (Wildman–Crippen LogP) is 2.55. The van der Waals surface area contributed by atoms with Gasteiger partial charge in [0.05, 0.1) is 5.56 Å². The molecule has 0 radical (unpaired) electrons. The Morgan fingerprint density at radius 2 is 2.05 bits per heavy atom. The number of nitrogens with two attached hydrogens (primary N) is 1. The first kappa shape index (κ1) is 15.0. The van der Waals surface area contributed by atoms with E-state index in [1.54, 1.807) is 0 Å². The molecule has 4 nitrogen and oxygen atoms in total. The Kier molecular flexibility index (Phi) is 4.87. The van der Waals surface area contributed by atoms with Gasteiger partial charge in [0.2, 0.25) is 0 Å². The summed E-state index contributed by atoms with van der Waals surface area (Å²) >= 11 is 0. The summed E-state index contributed by atoms with van der Waals surface area (Å²) < 4.78 is 13.7. The van der Waals surface area contributed by atoms with Gasteiger partial charge in [0.15, 0.2) is 11.6 Å². The summed E-state index contributed by atoms with van der Waals surface area (Å²) in [5, 5.41) is 2.77. The van der Waals surface area contributed by atoms with Crippen LogP contribution in [0.15, 0.2) is 42.6 Å². The standard InChI is InChI=1S/C16H18FN3O/c1-11(7-8-12-5-3-2-4-6-12)20-16(21)13-9-10-19-15(18)14(13)17/h2-6,9-11H,7-8H2,1H3,(H2,18,19)(H,20,21). The molecule has 1 unspecified atom stereocenters. The van der Waals surface area contributed by atoms with Crippen molar-refractivity contribution in [3.8, 4) is 0 Å². The Bertz CT molecular complexity index is 616. The van der Waals surface area contributed by atoms with Crippen molar-refractivity contribution in [2.75, 3.05) is 5.73 Å². The lowest BCUT2D eigenvalue weighted by Crippen LogP contribution is -2.33.